The molecule has 0 saturated carbocycles. The molecule has 0 aliphatic rings. The van der Waals surface area contributed by atoms with Crippen LogP contribution in [-0.4, -0.2) is 44.8 Å². The minimum absolute atomic E-state index is 0.00576. The van der Waals surface area contributed by atoms with Crippen molar-refractivity contribution in [1.29, 1.82) is 0 Å². The van der Waals surface area contributed by atoms with Gasteiger partial charge in [-0.05, 0) is 55.3 Å². The van der Waals surface area contributed by atoms with Crippen molar-refractivity contribution in [3.63, 3.8) is 0 Å². The molecule has 0 aliphatic carbocycles. The molecule has 0 fully saturated rings. The molecule has 0 heterocycles. The van der Waals surface area contributed by atoms with Gasteiger partial charge in [-0.15, -0.1) is 0 Å². The second-order valence-corrected chi connectivity index (χ2v) is 11.6. The van der Waals surface area contributed by atoms with Crippen LogP contribution in [0.1, 0.15) is 24.5 Å². The molecule has 0 saturated heterocycles. The number of hydrogen-bond acceptors (Lipinski definition) is 4. The summed E-state index contributed by atoms with van der Waals surface area (Å²) in [6.45, 7) is 2.75. The Hall–Kier alpha value is -2.78. The Bertz CT molecular complexity index is 1400. The molecule has 0 unspecified atom stereocenters. The van der Waals surface area contributed by atoms with Crippen LogP contribution in [0.5, 0.6) is 0 Å². The summed E-state index contributed by atoms with van der Waals surface area (Å²) in [4.78, 5) is 28.1. The van der Waals surface area contributed by atoms with E-state index in [4.69, 9.17) is 34.8 Å². The van der Waals surface area contributed by atoms with E-state index in [1.165, 1.54) is 24.1 Å². The topological polar surface area (TPSA) is 86.8 Å². The van der Waals surface area contributed by atoms with E-state index in [0.29, 0.717) is 26.2 Å². The van der Waals surface area contributed by atoms with Crippen molar-refractivity contribution < 1.29 is 18.0 Å². The first-order valence-corrected chi connectivity index (χ1v) is 14.4. The zero-order valence-electron chi connectivity index (χ0n) is 21.1. The van der Waals surface area contributed by atoms with E-state index in [1.54, 1.807) is 68.4 Å². The summed E-state index contributed by atoms with van der Waals surface area (Å²) >= 11 is 19.1. The van der Waals surface area contributed by atoms with Gasteiger partial charge in [0.15, 0.2) is 0 Å². The second kappa shape index (κ2) is 12.8. The lowest BCUT2D eigenvalue weighted by molar-refractivity contribution is -0.140. The fraction of sp³-hybridized carbons (Fsp3) is 0.259. The van der Waals surface area contributed by atoms with Crippen molar-refractivity contribution in [2.45, 2.75) is 37.8 Å². The summed E-state index contributed by atoms with van der Waals surface area (Å²) in [5.74, 6) is -1.02. The lowest BCUT2D eigenvalue weighted by Gasteiger charge is -2.33. The van der Waals surface area contributed by atoms with E-state index < -0.39 is 34.4 Å². The largest absolute Gasteiger partial charge is 0.357 e. The fourth-order valence-electron chi connectivity index (χ4n) is 4.04. The van der Waals surface area contributed by atoms with Gasteiger partial charge in [0, 0.05) is 34.2 Å². The zero-order chi connectivity index (χ0) is 28.0. The quantitative estimate of drug-likeness (QED) is 0.325. The second-order valence-electron chi connectivity index (χ2n) is 8.47. The van der Waals surface area contributed by atoms with E-state index in [9.17, 15) is 18.0 Å². The number of benzene rings is 3. The fourth-order valence-corrected chi connectivity index (χ4v) is 6.22. The minimum Gasteiger partial charge on any atom is -0.357 e. The number of rotatable bonds is 10. The number of carbonyl (C=O) groups excluding carboxylic acids is 2. The van der Waals surface area contributed by atoms with Crippen LogP contribution in [0.4, 0.5) is 5.69 Å². The Morgan fingerprint density at radius 2 is 1.47 bits per heavy atom. The number of nitrogens with one attached hydrogen (secondary N) is 1. The van der Waals surface area contributed by atoms with Gasteiger partial charge in [-0.25, -0.2) is 8.42 Å². The van der Waals surface area contributed by atoms with Crippen LogP contribution in [0.15, 0.2) is 71.6 Å². The van der Waals surface area contributed by atoms with Crippen molar-refractivity contribution in [3.05, 3.63) is 92.9 Å². The van der Waals surface area contributed by atoms with Crippen LogP contribution in [0, 0.1) is 6.92 Å². The molecule has 1 atom stereocenters. The number of likely N-dealkylation sites (N-methyl/N-ethyl adjacent to an activating group) is 1. The Morgan fingerprint density at radius 1 is 0.895 bits per heavy atom. The molecule has 0 bridgehead atoms. The molecule has 2 amide bonds. The predicted molar refractivity (Wildman–Crippen MR) is 152 cm³/mol. The van der Waals surface area contributed by atoms with Crippen LogP contribution in [0.2, 0.25) is 15.1 Å². The first-order chi connectivity index (χ1) is 18.0. The molecule has 3 aromatic rings. The molecular formula is C27H28Cl3N3O4S. The minimum atomic E-state index is -4.19. The molecule has 7 nitrogen and oxygen atoms in total. The third-order valence-electron chi connectivity index (χ3n) is 6.14. The smallest absolute Gasteiger partial charge is 0.264 e. The number of sulfonamides is 1. The van der Waals surface area contributed by atoms with E-state index in [2.05, 4.69) is 5.32 Å². The average molecular weight is 597 g/mol. The third-order valence-corrected chi connectivity index (χ3v) is 9.03. The number of anilines is 1. The van der Waals surface area contributed by atoms with Gasteiger partial charge in [0.05, 0.1) is 10.6 Å². The van der Waals surface area contributed by atoms with Gasteiger partial charge in [-0.3, -0.25) is 13.9 Å². The SMILES string of the molecule is CC[C@H](C(=O)NC)N(Cc1c(Cl)cccc1Cl)C(=O)CN(c1cccc(Cl)c1C)S(=O)(=O)c1ccccc1. The van der Waals surface area contributed by atoms with Gasteiger partial charge in [0.25, 0.3) is 10.0 Å². The van der Waals surface area contributed by atoms with Crippen LogP contribution < -0.4 is 9.62 Å². The Morgan fingerprint density at radius 3 is 2.05 bits per heavy atom. The van der Waals surface area contributed by atoms with Crippen LogP contribution in [0.3, 0.4) is 0 Å². The standard InChI is InChI=1S/C27H28Cl3N3O4S/c1-4-24(27(35)31-3)32(16-20-22(29)13-8-14-23(20)30)26(34)17-33(25-15-9-12-21(28)18(25)2)38(36,37)19-10-6-5-7-11-19/h5-15,24H,4,16-17H2,1-3H3,(H,31,35)/t24-/m1/s1. The zero-order valence-corrected chi connectivity index (χ0v) is 24.2. The highest BCUT2D eigenvalue weighted by molar-refractivity contribution is 7.92. The molecule has 202 valence electrons. The maximum Gasteiger partial charge on any atom is 0.264 e. The first-order valence-electron chi connectivity index (χ1n) is 11.8. The van der Waals surface area contributed by atoms with E-state index >= 15 is 0 Å². The predicted octanol–water partition coefficient (Wildman–Crippen LogP) is 5.70. The van der Waals surface area contributed by atoms with Crippen LogP contribution in [-0.2, 0) is 26.2 Å². The van der Waals surface area contributed by atoms with Gasteiger partial charge >= 0.3 is 0 Å². The maximum atomic E-state index is 14.0. The maximum absolute atomic E-state index is 14.0. The van der Waals surface area contributed by atoms with Crippen molar-refractivity contribution >= 4 is 62.3 Å². The summed E-state index contributed by atoms with van der Waals surface area (Å²) < 4.78 is 28.7. The van der Waals surface area contributed by atoms with E-state index in [0.717, 1.165) is 4.31 Å². The van der Waals surface area contributed by atoms with Gasteiger partial charge in [-0.1, -0.05) is 72.1 Å². The van der Waals surface area contributed by atoms with Crippen molar-refractivity contribution in [3.8, 4) is 0 Å². The van der Waals surface area contributed by atoms with Crippen molar-refractivity contribution in [1.82, 2.24) is 10.2 Å². The molecular weight excluding hydrogens is 569 g/mol. The monoisotopic (exact) mass is 595 g/mol. The molecule has 0 radical (unpaired) electrons. The number of nitrogens with zero attached hydrogens (tertiary/aromatic N) is 2. The molecule has 0 aromatic heterocycles. The number of amides is 2. The van der Waals surface area contributed by atoms with Gasteiger partial charge in [-0.2, -0.15) is 0 Å². The van der Waals surface area contributed by atoms with Gasteiger partial charge < -0.3 is 10.2 Å². The van der Waals surface area contributed by atoms with Crippen LogP contribution in [0.25, 0.3) is 0 Å². The summed E-state index contributed by atoms with van der Waals surface area (Å²) in [6.07, 6.45) is 0.273. The highest BCUT2D eigenvalue weighted by atomic mass is 35.5. The molecule has 1 N–H and O–H groups in total. The normalized spacial score (nSPS) is 12.1. The molecule has 3 rings (SSSR count). The third kappa shape index (κ3) is 6.43. The molecule has 0 aliphatic heterocycles. The molecule has 3 aromatic carbocycles. The summed E-state index contributed by atoms with van der Waals surface area (Å²) in [6, 6.07) is 16.7. The van der Waals surface area contributed by atoms with Crippen molar-refractivity contribution in [2.75, 3.05) is 17.9 Å². The highest BCUT2D eigenvalue weighted by Gasteiger charge is 2.34. The Balaban J connectivity index is 2.13. The van der Waals surface area contributed by atoms with E-state index in [1.807, 2.05) is 0 Å². The lowest BCUT2D eigenvalue weighted by atomic mass is 10.1. The Kier molecular flexibility index (Phi) is 10.1. The number of halogens is 3. The van der Waals surface area contributed by atoms with Crippen molar-refractivity contribution in [2.24, 2.45) is 0 Å². The molecule has 0 spiro atoms. The average Bonchev–Trinajstić information content (AvgIpc) is 2.90. The number of carbonyl (C=O) groups is 2. The molecule has 11 heteroatoms. The number of hydrogen-bond donors (Lipinski definition) is 1. The molecule has 38 heavy (non-hydrogen) atoms. The van der Waals surface area contributed by atoms with Gasteiger partial charge in [0.1, 0.15) is 12.6 Å². The van der Waals surface area contributed by atoms with Gasteiger partial charge in [0.2, 0.25) is 11.8 Å². The summed E-state index contributed by atoms with van der Waals surface area (Å²) in [5, 5.41) is 3.56. The highest BCUT2D eigenvalue weighted by Crippen LogP contribution is 2.32. The van der Waals surface area contributed by atoms with Crippen LogP contribution >= 0.6 is 34.8 Å². The lowest BCUT2D eigenvalue weighted by Crippen LogP contribution is -2.52. The Labute approximate surface area is 238 Å². The summed E-state index contributed by atoms with van der Waals surface area (Å²) in [5.41, 5.74) is 1.18. The van der Waals surface area contributed by atoms with E-state index in [-0.39, 0.29) is 23.5 Å². The summed E-state index contributed by atoms with van der Waals surface area (Å²) in [7, 11) is -2.73. The first kappa shape index (κ1) is 29.8.